The molecular weight excluding hydrogens is 399 g/mol. The van der Waals surface area contributed by atoms with E-state index in [1.807, 2.05) is 0 Å². The lowest BCUT2D eigenvalue weighted by atomic mass is 10.3. The number of rotatable bonds is 8. The largest absolute Gasteiger partial charge is 0.477 e. The van der Waals surface area contributed by atoms with Crippen molar-refractivity contribution in [3.8, 4) is 5.88 Å². The molecule has 2 heterocycles. The summed E-state index contributed by atoms with van der Waals surface area (Å²) in [6.07, 6.45) is -3.17. The van der Waals surface area contributed by atoms with Crippen molar-refractivity contribution in [3.63, 3.8) is 0 Å². The van der Waals surface area contributed by atoms with Crippen molar-refractivity contribution in [2.24, 2.45) is 4.99 Å². The fraction of sp³-hybridized carbons (Fsp3) is 0.647. The summed E-state index contributed by atoms with van der Waals surface area (Å²) in [6.45, 7) is 5.92. The van der Waals surface area contributed by atoms with E-state index in [1.54, 1.807) is 7.05 Å². The van der Waals surface area contributed by atoms with Crippen LogP contribution in [0.15, 0.2) is 17.3 Å². The topological polar surface area (TPSA) is 71.0 Å². The second kappa shape index (κ2) is 11.3. The number of hydrogen-bond donors (Lipinski definition) is 2. The zero-order chi connectivity index (χ0) is 20.4. The minimum atomic E-state index is -4.48. The van der Waals surface area contributed by atoms with Gasteiger partial charge >= 0.3 is 6.18 Å². The maximum absolute atomic E-state index is 12.6. The van der Waals surface area contributed by atoms with Gasteiger partial charge in [-0.2, -0.15) is 13.2 Å². The molecule has 0 aromatic carbocycles. The third-order valence-corrected chi connectivity index (χ3v) is 4.31. The van der Waals surface area contributed by atoms with Crippen LogP contribution in [0.4, 0.5) is 13.2 Å². The average Bonchev–Trinajstić information content (AvgIpc) is 2.67. The number of halogens is 4. The number of ether oxygens (including phenoxy) is 2. The third kappa shape index (κ3) is 7.69. The van der Waals surface area contributed by atoms with E-state index < -0.39 is 11.7 Å². The van der Waals surface area contributed by atoms with Crippen molar-refractivity contribution >= 4 is 17.6 Å². The fourth-order valence-corrected chi connectivity index (χ4v) is 2.73. The van der Waals surface area contributed by atoms with E-state index in [9.17, 15) is 13.2 Å². The number of aromatic nitrogens is 1. The molecule has 158 valence electrons. The Morgan fingerprint density at radius 2 is 2.04 bits per heavy atom. The molecule has 0 aliphatic carbocycles. The van der Waals surface area contributed by atoms with Gasteiger partial charge < -0.3 is 20.1 Å². The number of morpholine rings is 1. The molecule has 0 atom stereocenters. The Kier molecular flexibility index (Phi) is 9.07. The first-order valence-corrected chi connectivity index (χ1v) is 9.38. The van der Waals surface area contributed by atoms with Gasteiger partial charge in [-0.25, -0.2) is 4.98 Å². The molecule has 1 aromatic rings. The lowest BCUT2D eigenvalue weighted by Crippen LogP contribution is -2.44. The molecule has 0 amide bonds. The van der Waals surface area contributed by atoms with Crippen LogP contribution < -0.4 is 15.4 Å². The first-order chi connectivity index (χ1) is 13.4. The minimum absolute atomic E-state index is 0.0114. The quantitative estimate of drug-likeness (QED) is 0.379. The number of nitrogens with one attached hydrogen (secondary N) is 2. The summed E-state index contributed by atoms with van der Waals surface area (Å²) in [6, 6.07) is 0.808. The van der Waals surface area contributed by atoms with Gasteiger partial charge in [0, 0.05) is 46.0 Å². The van der Waals surface area contributed by atoms with E-state index >= 15 is 0 Å². The summed E-state index contributed by atoms with van der Waals surface area (Å²) >= 11 is 5.80. The smallest absolute Gasteiger partial charge is 0.417 e. The SMILES string of the molecule is CN=C(NCCCOc1ncc(C(F)(F)F)cc1Cl)NCCN1CCOCC1. The van der Waals surface area contributed by atoms with Crippen LogP contribution >= 0.6 is 11.6 Å². The number of nitrogens with zero attached hydrogens (tertiary/aromatic N) is 3. The first-order valence-electron chi connectivity index (χ1n) is 9.00. The van der Waals surface area contributed by atoms with E-state index in [1.165, 1.54) is 0 Å². The van der Waals surface area contributed by atoms with Crippen LogP contribution in [0.5, 0.6) is 5.88 Å². The zero-order valence-corrected chi connectivity index (χ0v) is 16.4. The van der Waals surface area contributed by atoms with Gasteiger partial charge in [-0.1, -0.05) is 11.6 Å². The molecule has 0 unspecified atom stereocenters. The Bertz CT molecular complexity index is 640. The normalized spacial score (nSPS) is 16.1. The lowest BCUT2D eigenvalue weighted by molar-refractivity contribution is -0.137. The van der Waals surface area contributed by atoms with E-state index in [0.29, 0.717) is 25.1 Å². The molecule has 1 aromatic heterocycles. The molecule has 0 spiro atoms. The Morgan fingerprint density at radius 3 is 2.68 bits per heavy atom. The van der Waals surface area contributed by atoms with E-state index in [0.717, 1.165) is 45.5 Å². The Balaban J connectivity index is 1.62. The Hall–Kier alpha value is -1.78. The second-order valence-corrected chi connectivity index (χ2v) is 6.50. The predicted octanol–water partition coefficient (Wildman–Crippen LogP) is 2.02. The van der Waals surface area contributed by atoms with Crippen LogP contribution in [0.2, 0.25) is 5.02 Å². The summed E-state index contributed by atoms with van der Waals surface area (Å²) in [7, 11) is 1.69. The molecule has 2 rings (SSSR count). The third-order valence-electron chi connectivity index (χ3n) is 4.03. The molecule has 2 N–H and O–H groups in total. The maximum Gasteiger partial charge on any atom is 0.417 e. The van der Waals surface area contributed by atoms with Crippen molar-refractivity contribution in [1.29, 1.82) is 0 Å². The van der Waals surface area contributed by atoms with Crippen LogP contribution in [0.3, 0.4) is 0 Å². The Labute approximate surface area is 167 Å². The van der Waals surface area contributed by atoms with E-state index in [-0.39, 0.29) is 17.5 Å². The highest BCUT2D eigenvalue weighted by Gasteiger charge is 2.31. The molecule has 28 heavy (non-hydrogen) atoms. The lowest BCUT2D eigenvalue weighted by Gasteiger charge is -2.26. The fourth-order valence-electron chi connectivity index (χ4n) is 2.51. The van der Waals surface area contributed by atoms with Crippen LogP contribution in [0.1, 0.15) is 12.0 Å². The Morgan fingerprint density at radius 1 is 1.32 bits per heavy atom. The van der Waals surface area contributed by atoms with Crippen molar-refractivity contribution in [2.75, 3.05) is 59.6 Å². The van der Waals surface area contributed by atoms with Gasteiger partial charge in [0.25, 0.3) is 0 Å². The van der Waals surface area contributed by atoms with Gasteiger partial charge in [-0.3, -0.25) is 9.89 Å². The first kappa shape index (κ1) is 22.5. The van der Waals surface area contributed by atoms with Crippen molar-refractivity contribution in [1.82, 2.24) is 20.5 Å². The monoisotopic (exact) mass is 423 g/mol. The molecule has 1 fully saturated rings. The van der Waals surface area contributed by atoms with Gasteiger partial charge in [0.2, 0.25) is 5.88 Å². The van der Waals surface area contributed by atoms with Crippen molar-refractivity contribution in [3.05, 3.63) is 22.8 Å². The molecule has 1 aliphatic heterocycles. The van der Waals surface area contributed by atoms with Crippen LogP contribution in [0, 0.1) is 0 Å². The van der Waals surface area contributed by atoms with Crippen LogP contribution in [0.25, 0.3) is 0 Å². The van der Waals surface area contributed by atoms with Crippen LogP contribution in [-0.4, -0.2) is 75.4 Å². The van der Waals surface area contributed by atoms with Crippen LogP contribution in [-0.2, 0) is 10.9 Å². The van der Waals surface area contributed by atoms with Gasteiger partial charge in [0.1, 0.15) is 5.02 Å². The average molecular weight is 424 g/mol. The molecule has 0 saturated carbocycles. The summed E-state index contributed by atoms with van der Waals surface area (Å²) in [5.41, 5.74) is -0.904. The number of alkyl halides is 3. The highest BCUT2D eigenvalue weighted by molar-refractivity contribution is 6.31. The van der Waals surface area contributed by atoms with E-state index in [2.05, 4.69) is 25.5 Å². The molecule has 0 bridgehead atoms. The molecular formula is C17H25ClF3N5O2. The molecule has 1 aliphatic rings. The molecule has 7 nitrogen and oxygen atoms in total. The van der Waals surface area contributed by atoms with Gasteiger partial charge in [0.15, 0.2) is 5.96 Å². The standard InChI is InChI=1S/C17H25ClF3N5O2/c1-22-16(24-4-5-26-6-9-27-10-7-26)23-3-2-8-28-15-14(18)11-13(12-25-15)17(19,20)21/h11-12H,2-10H2,1H3,(H2,22,23,24). The summed E-state index contributed by atoms with van der Waals surface area (Å²) in [4.78, 5) is 10.1. The number of aliphatic imine (C=N–C) groups is 1. The summed E-state index contributed by atoms with van der Waals surface area (Å²) in [5.74, 6) is 0.668. The minimum Gasteiger partial charge on any atom is -0.477 e. The van der Waals surface area contributed by atoms with E-state index in [4.69, 9.17) is 21.1 Å². The summed E-state index contributed by atoms with van der Waals surface area (Å²) < 4.78 is 48.4. The van der Waals surface area contributed by atoms with Crippen molar-refractivity contribution in [2.45, 2.75) is 12.6 Å². The highest BCUT2D eigenvalue weighted by Crippen LogP contribution is 2.33. The number of hydrogen-bond acceptors (Lipinski definition) is 5. The van der Waals surface area contributed by atoms with Gasteiger partial charge in [-0.05, 0) is 12.5 Å². The van der Waals surface area contributed by atoms with Gasteiger partial charge in [0.05, 0.1) is 25.4 Å². The molecule has 1 saturated heterocycles. The number of guanidine groups is 1. The summed E-state index contributed by atoms with van der Waals surface area (Å²) in [5, 5.41) is 6.22. The highest BCUT2D eigenvalue weighted by atomic mass is 35.5. The maximum atomic E-state index is 12.6. The predicted molar refractivity (Wildman–Crippen MR) is 101 cm³/mol. The second-order valence-electron chi connectivity index (χ2n) is 6.09. The van der Waals surface area contributed by atoms with Crippen molar-refractivity contribution < 1.29 is 22.6 Å². The van der Waals surface area contributed by atoms with Gasteiger partial charge in [-0.15, -0.1) is 0 Å². The molecule has 0 radical (unpaired) electrons. The molecule has 11 heteroatoms. The number of pyridine rings is 1. The zero-order valence-electron chi connectivity index (χ0n) is 15.7.